The number of aliphatic hydroxyl groups is 1. The molecule has 0 bridgehead atoms. The molecule has 1 aliphatic carbocycles. The zero-order valence-electron chi connectivity index (χ0n) is 9.22. The third-order valence-corrected chi connectivity index (χ3v) is 3.95. The molecule has 4 N–H and O–H groups in total. The fourth-order valence-corrected chi connectivity index (χ4v) is 2.82. The van der Waals surface area contributed by atoms with Crippen molar-refractivity contribution in [2.75, 3.05) is 24.2 Å². The van der Waals surface area contributed by atoms with E-state index in [1.807, 2.05) is 0 Å². The van der Waals surface area contributed by atoms with Crippen LogP contribution < -0.4 is 11.1 Å². The fraction of sp³-hybridized carbons (Fsp3) is 0.800. The van der Waals surface area contributed by atoms with Crippen LogP contribution in [0.2, 0.25) is 0 Å². The molecular formula is C10H18N4OS. The van der Waals surface area contributed by atoms with Crippen LogP contribution in [0.15, 0.2) is 0 Å². The van der Waals surface area contributed by atoms with Crippen LogP contribution in [-0.2, 0) is 0 Å². The highest BCUT2D eigenvalue weighted by molar-refractivity contribution is 7.09. The molecule has 5 nitrogen and oxygen atoms in total. The third kappa shape index (κ3) is 2.82. The minimum Gasteiger partial charge on any atom is -0.396 e. The molecule has 0 aromatic carbocycles. The van der Waals surface area contributed by atoms with Crippen molar-refractivity contribution in [2.24, 2.45) is 11.8 Å². The first-order valence-electron chi connectivity index (χ1n) is 5.73. The number of nitrogens with two attached hydrogens (primary N) is 1. The molecule has 1 aromatic heterocycles. The van der Waals surface area contributed by atoms with Crippen molar-refractivity contribution >= 4 is 22.6 Å². The first-order valence-corrected chi connectivity index (χ1v) is 6.51. The summed E-state index contributed by atoms with van der Waals surface area (Å²) in [7, 11) is 0. The summed E-state index contributed by atoms with van der Waals surface area (Å²) in [5.74, 6) is 1.31. The Balaban J connectivity index is 1.84. The summed E-state index contributed by atoms with van der Waals surface area (Å²) in [5, 5.41) is 13.3. The zero-order chi connectivity index (χ0) is 11.4. The number of hydrogen-bond acceptors (Lipinski definition) is 6. The van der Waals surface area contributed by atoms with E-state index in [1.54, 1.807) is 0 Å². The van der Waals surface area contributed by atoms with E-state index in [9.17, 15) is 5.11 Å². The van der Waals surface area contributed by atoms with Crippen molar-refractivity contribution < 1.29 is 5.11 Å². The van der Waals surface area contributed by atoms with Crippen LogP contribution in [0.5, 0.6) is 0 Å². The molecule has 0 spiro atoms. The van der Waals surface area contributed by atoms with Gasteiger partial charge in [0, 0.05) is 24.7 Å². The van der Waals surface area contributed by atoms with E-state index < -0.39 is 0 Å². The van der Waals surface area contributed by atoms with Gasteiger partial charge in [-0.05, 0) is 24.7 Å². The lowest BCUT2D eigenvalue weighted by Gasteiger charge is -2.30. The van der Waals surface area contributed by atoms with Crippen LogP contribution >= 0.6 is 11.5 Å². The smallest absolute Gasteiger partial charge is 0.233 e. The van der Waals surface area contributed by atoms with Crippen molar-refractivity contribution in [1.82, 2.24) is 9.36 Å². The van der Waals surface area contributed by atoms with Gasteiger partial charge < -0.3 is 16.2 Å². The number of nitrogens with zero attached hydrogens (tertiary/aromatic N) is 2. The van der Waals surface area contributed by atoms with Gasteiger partial charge in [0.05, 0.1) is 0 Å². The monoisotopic (exact) mass is 242 g/mol. The molecule has 0 radical (unpaired) electrons. The van der Waals surface area contributed by atoms with Crippen molar-refractivity contribution in [2.45, 2.75) is 25.7 Å². The van der Waals surface area contributed by atoms with Crippen LogP contribution in [0.4, 0.5) is 11.1 Å². The lowest BCUT2D eigenvalue weighted by Crippen LogP contribution is -2.28. The molecule has 1 fully saturated rings. The molecule has 2 unspecified atom stereocenters. The molecule has 0 aliphatic heterocycles. The Kier molecular flexibility index (Phi) is 3.95. The quantitative estimate of drug-likeness (QED) is 0.742. The van der Waals surface area contributed by atoms with Gasteiger partial charge in [0.2, 0.25) is 11.1 Å². The second-order valence-electron chi connectivity index (χ2n) is 4.33. The number of nitrogens with one attached hydrogen (secondary N) is 1. The molecule has 90 valence electrons. The average Bonchev–Trinajstić information content (AvgIpc) is 2.73. The summed E-state index contributed by atoms with van der Waals surface area (Å²) >= 11 is 1.29. The number of rotatable bonds is 4. The maximum absolute atomic E-state index is 9.29. The predicted molar refractivity (Wildman–Crippen MR) is 65.3 cm³/mol. The standard InChI is InChI=1S/C10H18N4OS/c11-9-13-10(16-14-9)12-5-7-3-1-2-4-8(7)6-15/h7-8,15H,1-6H2,(H3,11,12,13,14). The Morgan fingerprint density at radius 3 is 2.75 bits per heavy atom. The highest BCUT2D eigenvalue weighted by Gasteiger charge is 2.24. The zero-order valence-corrected chi connectivity index (χ0v) is 10.0. The van der Waals surface area contributed by atoms with E-state index in [-0.39, 0.29) is 0 Å². The Labute approximate surface area is 99.2 Å². The summed E-state index contributed by atoms with van der Waals surface area (Å²) in [6.45, 7) is 1.16. The molecule has 1 aliphatic rings. The number of anilines is 2. The number of aromatic nitrogens is 2. The van der Waals surface area contributed by atoms with Gasteiger partial charge in [-0.3, -0.25) is 0 Å². The van der Waals surface area contributed by atoms with Gasteiger partial charge in [-0.1, -0.05) is 12.8 Å². The highest BCUT2D eigenvalue weighted by atomic mass is 32.1. The van der Waals surface area contributed by atoms with E-state index in [4.69, 9.17) is 5.73 Å². The van der Waals surface area contributed by atoms with Crippen molar-refractivity contribution in [3.8, 4) is 0 Å². The van der Waals surface area contributed by atoms with E-state index in [0.717, 1.165) is 18.1 Å². The Morgan fingerprint density at radius 1 is 1.38 bits per heavy atom. The Bertz CT molecular complexity index is 330. The number of aliphatic hydroxyl groups excluding tert-OH is 1. The van der Waals surface area contributed by atoms with Gasteiger partial charge in [0.1, 0.15) is 0 Å². The van der Waals surface area contributed by atoms with Gasteiger partial charge in [0.15, 0.2) is 0 Å². The number of hydrogen-bond donors (Lipinski definition) is 3. The van der Waals surface area contributed by atoms with Gasteiger partial charge in [-0.15, -0.1) is 0 Å². The van der Waals surface area contributed by atoms with Crippen LogP contribution in [0.3, 0.4) is 0 Å². The van der Waals surface area contributed by atoms with Crippen LogP contribution in [0.1, 0.15) is 25.7 Å². The summed E-state index contributed by atoms with van der Waals surface area (Å²) < 4.78 is 3.92. The first kappa shape index (κ1) is 11.6. The van der Waals surface area contributed by atoms with E-state index in [1.165, 1.54) is 30.8 Å². The summed E-state index contributed by atoms with van der Waals surface area (Å²) in [6, 6.07) is 0. The fourth-order valence-electron chi connectivity index (χ4n) is 2.32. The lowest BCUT2D eigenvalue weighted by molar-refractivity contribution is 0.141. The predicted octanol–water partition coefficient (Wildman–Crippen LogP) is 1.33. The topological polar surface area (TPSA) is 84.1 Å². The second kappa shape index (κ2) is 5.45. The van der Waals surface area contributed by atoms with Crippen LogP contribution in [0.25, 0.3) is 0 Å². The van der Waals surface area contributed by atoms with Gasteiger partial charge >= 0.3 is 0 Å². The molecule has 16 heavy (non-hydrogen) atoms. The minimum absolute atomic E-state index is 0.296. The number of nitrogen functional groups attached to an aromatic ring is 1. The normalized spacial score (nSPS) is 25.6. The molecule has 2 atom stereocenters. The largest absolute Gasteiger partial charge is 0.396 e. The minimum atomic E-state index is 0.296. The molecule has 0 saturated heterocycles. The summed E-state index contributed by atoms with van der Waals surface area (Å²) in [4.78, 5) is 4.06. The molecule has 6 heteroatoms. The maximum atomic E-state index is 9.29. The highest BCUT2D eigenvalue weighted by Crippen LogP contribution is 2.30. The summed E-state index contributed by atoms with van der Waals surface area (Å²) in [6.07, 6.45) is 4.84. The molecule has 2 rings (SSSR count). The lowest BCUT2D eigenvalue weighted by atomic mass is 9.80. The molecule has 1 aromatic rings. The van der Waals surface area contributed by atoms with Crippen LogP contribution in [-0.4, -0.2) is 27.6 Å². The Morgan fingerprint density at radius 2 is 2.12 bits per heavy atom. The molecule has 0 amide bonds. The van der Waals surface area contributed by atoms with Gasteiger partial charge in [-0.25, -0.2) is 0 Å². The van der Waals surface area contributed by atoms with E-state index in [2.05, 4.69) is 14.7 Å². The SMILES string of the molecule is Nc1nsc(NCC2CCCCC2CO)n1. The maximum Gasteiger partial charge on any atom is 0.233 e. The van der Waals surface area contributed by atoms with Crippen LogP contribution in [0, 0.1) is 11.8 Å². The van der Waals surface area contributed by atoms with E-state index in [0.29, 0.717) is 24.4 Å². The average molecular weight is 242 g/mol. The van der Waals surface area contributed by atoms with E-state index >= 15 is 0 Å². The third-order valence-electron chi connectivity index (χ3n) is 3.26. The first-order chi connectivity index (χ1) is 7.79. The summed E-state index contributed by atoms with van der Waals surface area (Å²) in [5.41, 5.74) is 5.45. The second-order valence-corrected chi connectivity index (χ2v) is 5.08. The van der Waals surface area contributed by atoms with Gasteiger partial charge in [-0.2, -0.15) is 9.36 Å². The van der Waals surface area contributed by atoms with Crippen molar-refractivity contribution in [1.29, 1.82) is 0 Å². The van der Waals surface area contributed by atoms with Gasteiger partial charge in [0.25, 0.3) is 0 Å². The van der Waals surface area contributed by atoms with Crippen molar-refractivity contribution in [3.05, 3.63) is 0 Å². The van der Waals surface area contributed by atoms with Crippen molar-refractivity contribution in [3.63, 3.8) is 0 Å². The Hall–Kier alpha value is -0.880. The molecule has 1 saturated carbocycles. The molecule has 1 heterocycles. The molecular weight excluding hydrogens is 224 g/mol.